The molecule has 7 nitrogen and oxygen atoms in total. The summed E-state index contributed by atoms with van der Waals surface area (Å²) in [4.78, 5) is 29.0. The highest BCUT2D eigenvalue weighted by atomic mass is 19.1. The summed E-state index contributed by atoms with van der Waals surface area (Å²) in [5.41, 5.74) is 7.22. The second-order valence-corrected chi connectivity index (χ2v) is 9.16. The van der Waals surface area contributed by atoms with E-state index in [0.29, 0.717) is 29.9 Å². The zero-order valence-electron chi connectivity index (χ0n) is 17.4. The minimum Gasteiger partial charge on any atom is -0.477 e. The van der Waals surface area contributed by atoms with Crippen molar-refractivity contribution in [2.45, 2.75) is 49.4 Å². The molecule has 2 aliphatic carbocycles. The van der Waals surface area contributed by atoms with Gasteiger partial charge in [0.05, 0.1) is 6.54 Å². The van der Waals surface area contributed by atoms with E-state index in [9.17, 15) is 14.0 Å². The van der Waals surface area contributed by atoms with Gasteiger partial charge in [-0.1, -0.05) is 6.07 Å². The standard InChI is InChI=1S/C22H28FN3O4/c1-25-8-7-22-14-4-5-16(27)20(22)30-19-17(6-3-12(18(19)22)9-15(14)25)29-21(28)26(2)11-13(23)10-24/h3,6,13-15,20H,4-5,7-11,24H2,1-2H3/t13?,14-,15+,20-,22-/m0/s1. The molecule has 1 amide bonds. The largest absolute Gasteiger partial charge is 0.477 e. The van der Waals surface area contributed by atoms with Crippen molar-refractivity contribution in [3.63, 3.8) is 0 Å². The molecule has 30 heavy (non-hydrogen) atoms. The van der Waals surface area contributed by atoms with Gasteiger partial charge in [-0.05, 0) is 50.4 Å². The molecule has 2 N–H and O–H groups in total. The van der Waals surface area contributed by atoms with E-state index >= 15 is 0 Å². The molecular weight excluding hydrogens is 389 g/mol. The van der Waals surface area contributed by atoms with Crippen molar-refractivity contribution in [3.8, 4) is 11.5 Å². The van der Waals surface area contributed by atoms with E-state index in [2.05, 4.69) is 11.9 Å². The number of likely N-dealkylation sites (N-methyl/N-ethyl adjacent to an activating group) is 1. The van der Waals surface area contributed by atoms with Gasteiger partial charge in [0.2, 0.25) is 0 Å². The van der Waals surface area contributed by atoms with Crippen LogP contribution in [0.1, 0.15) is 30.4 Å². The van der Waals surface area contributed by atoms with Gasteiger partial charge in [-0.15, -0.1) is 0 Å². The number of halogens is 1. The number of benzene rings is 1. The average Bonchev–Trinajstić information content (AvgIpc) is 3.08. The van der Waals surface area contributed by atoms with Gasteiger partial charge in [0.15, 0.2) is 23.4 Å². The summed E-state index contributed by atoms with van der Waals surface area (Å²) in [6.07, 6.45) is 0.677. The summed E-state index contributed by atoms with van der Waals surface area (Å²) in [6.45, 7) is 0.614. The molecule has 5 rings (SSSR count). The first kappa shape index (κ1) is 19.8. The maximum atomic E-state index is 13.6. The molecule has 1 saturated carbocycles. The first-order valence-electron chi connectivity index (χ1n) is 10.7. The lowest BCUT2D eigenvalue weighted by Gasteiger charge is -2.57. The fourth-order valence-corrected chi connectivity index (χ4v) is 6.21. The first-order chi connectivity index (χ1) is 14.4. The van der Waals surface area contributed by atoms with Gasteiger partial charge >= 0.3 is 6.09 Å². The van der Waals surface area contributed by atoms with Gasteiger partial charge in [0, 0.05) is 37.0 Å². The molecular formula is C22H28FN3O4. The minimum absolute atomic E-state index is 0.135. The Kier molecular flexibility index (Phi) is 4.56. The number of piperidine rings is 1. The molecule has 1 saturated heterocycles. The second kappa shape index (κ2) is 6.92. The monoisotopic (exact) mass is 417 g/mol. The third-order valence-corrected chi connectivity index (χ3v) is 7.61. The van der Waals surface area contributed by atoms with Crippen LogP contribution in [-0.4, -0.2) is 73.7 Å². The third-order valence-electron chi connectivity index (χ3n) is 7.61. The number of alkyl halides is 1. The maximum Gasteiger partial charge on any atom is 0.415 e. The molecule has 0 aromatic heterocycles. The lowest BCUT2D eigenvalue weighted by atomic mass is 9.52. The number of likely N-dealkylation sites (tertiary alicyclic amines) is 1. The smallest absolute Gasteiger partial charge is 0.415 e. The summed E-state index contributed by atoms with van der Waals surface area (Å²) >= 11 is 0. The number of ketones is 1. The fraction of sp³-hybridized carbons (Fsp3) is 0.636. The van der Waals surface area contributed by atoms with Crippen molar-refractivity contribution in [2.24, 2.45) is 11.7 Å². The van der Waals surface area contributed by atoms with E-state index in [1.807, 2.05) is 6.07 Å². The fourth-order valence-electron chi connectivity index (χ4n) is 6.21. The highest BCUT2D eigenvalue weighted by Crippen LogP contribution is 2.63. The second-order valence-electron chi connectivity index (χ2n) is 9.16. The van der Waals surface area contributed by atoms with Gasteiger partial charge in [-0.25, -0.2) is 9.18 Å². The molecule has 1 unspecified atom stereocenters. The normalized spacial score (nSPS) is 32.3. The van der Waals surface area contributed by atoms with Crippen molar-refractivity contribution >= 4 is 11.9 Å². The molecule has 162 valence electrons. The Bertz CT molecular complexity index is 909. The minimum atomic E-state index is -1.31. The Morgan fingerprint density at radius 2 is 2.30 bits per heavy atom. The Morgan fingerprint density at radius 3 is 3.07 bits per heavy atom. The van der Waals surface area contributed by atoms with Crippen LogP contribution in [0.25, 0.3) is 0 Å². The SMILES string of the molecule is CN(CC(F)CN)C(=O)Oc1ccc2c3c1O[C@H]1C(=O)CC[C@H]4[C@@H](C2)N(C)CC[C@]314. The molecule has 2 aliphatic heterocycles. The summed E-state index contributed by atoms with van der Waals surface area (Å²) in [5.74, 6) is 1.33. The van der Waals surface area contributed by atoms with Crippen molar-refractivity contribution < 1.29 is 23.5 Å². The first-order valence-corrected chi connectivity index (χ1v) is 10.7. The van der Waals surface area contributed by atoms with E-state index in [0.717, 1.165) is 31.4 Å². The zero-order valence-corrected chi connectivity index (χ0v) is 17.4. The van der Waals surface area contributed by atoms with E-state index in [-0.39, 0.29) is 24.3 Å². The van der Waals surface area contributed by atoms with Crippen molar-refractivity contribution in [1.29, 1.82) is 0 Å². The number of rotatable bonds is 4. The Hall–Kier alpha value is -2.19. The lowest BCUT2D eigenvalue weighted by Crippen LogP contribution is -2.65. The number of Topliss-reactive ketones (excluding diaryl/α,β-unsaturated/α-hetero) is 1. The van der Waals surface area contributed by atoms with E-state index < -0.39 is 18.4 Å². The number of carbonyl (C=O) groups excluding carboxylic acids is 2. The van der Waals surface area contributed by atoms with Crippen LogP contribution in [0.3, 0.4) is 0 Å². The predicted molar refractivity (Wildman–Crippen MR) is 108 cm³/mol. The van der Waals surface area contributed by atoms with Crippen LogP contribution in [0, 0.1) is 5.92 Å². The maximum absolute atomic E-state index is 13.6. The summed E-state index contributed by atoms with van der Waals surface area (Å²) in [5, 5.41) is 0. The number of nitrogens with zero attached hydrogens (tertiary/aromatic N) is 2. The molecule has 1 spiro atoms. The highest BCUT2D eigenvalue weighted by Gasteiger charge is 2.65. The summed E-state index contributed by atoms with van der Waals surface area (Å²) in [7, 11) is 3.64. The van der Waals surface area contributed by atoms with Crippen molar-refractivity contribution in [2.75, 3.05) is 33.7 Å². The van der Waals surface area contributed by atoms with Gasteiger partial charge in [0.1, 0.15) is 6.17 Å². The molecule has 0 radical (unpaired) electrons. The number of hydrogen-bond donors (Lipinski definition) is 1. The highest BCUT2D eigenvalue weighted by molar-refractivity contribution is 5.89. The Labute approximate surface area is 175 Å². The third kappa shape index (κ3) is 2.62. The van der Waals surface area contributed by atoms with Crippen LogP contribution < -0.4 is 15.2 Å². The molecule has 2 heterocycles. The molecule has 1 aromatic carbocycles. The zero-order chi connectivity index (χ0) is 21.2. The topological polar surface area (TPSA) is 85.1 Å². The van der Waals surface area contributed by atoms with Gasteiger partial charge in [-0.2, -0.15) is 0 Å². The number of ether oxygens (including phenoxy) is 2. The van der Waals surface area contributed by atoms with Crippen LogP contribution in [0.2, 0.25) is 0 Å². The number of hydrogen-bond acceptors (Lipinski definition) is 6. The van der Waals surface area contributed by atoms with Crippen molar-refractivity contribution in [1.82, 2.24) is 9.80 Å². The van der Waals surface area contributed by atoms with E-state index in [1.165, 1.54) is 17.5 Å². The number of nitrogens with two attached hydrogens (primary N) is 1. The average molecular weight is 417 g/mol. The molecule has 2 fully saturated rings. The van der Waals surface area contributed by atoms with Crippen LogP contribution in [0.4, 0.5) is 9.18 Å². The van der Waals surface area contributed by atoms with Gasteiger partial charge < -0.3 is 25.0 Å². The van der Waals surface area contributed by atoms with Crippen LogP contribution in [0.15, 0.2) is 12.1 Å². The molecule has 1 aromatic rings. The molecule has 5 atom stereocenters. The molecule has 8 heteroatoms. The van der Waals surface area contributed by atoms with Crippen LogP contribution in [-0.2, 0) is 16.6 Å². The molecule has 4 aliphatic rings. The van der Waals surface area contributed by atoms with E-state index in [1.54, 1.807) is 6.07 Å². The van der Waals surface area contributed by atoms with Crippen LogP contribution >= 0.6 is 0 Å². The predicted octanol–water partition coefficient (Wildman–Crippen LogP) is 1.65. The molecule has 2 bridgehead atoms. The Morgan fingerprint density at radius 1 is 1.50 bits per heavy atom. The summed E-state index contributed by atoms with van der Waals surface area (Å²) in [6, 6.07) is 4.13. The quantitative estimate of drug-likeness (QED) is 0.802. The van der Waals surface area contributed by atoms with E-state index in [4.69, 9.17) is 15.2 Å². The van der Waals surface area contributed by atoms with Gasteiger partial charge in [-0.3, -0.25) is 4.79 Å². The Balaban J connectivity index is 1.53. The summed E-state index contributed by atoms with van der Waals surface area (Å²) < 4.78 is 25.5. The lowest BCUT2D eigenvalue weighted by molar-refractivity contribution is -0.138. The van der Waals surface area contributed by atoms with Gasteiger partial charge in [0.25, 0.3) is 0 Å². The number of carbonyl (C=O) groups is 2. The van der Waals surface area contributed by atoms with Crippen molar-refractivity contribution in [3.05, 3.63) is 23.3 Å². The number of amides is 1. The van der Waals surface area contributed by atoms with Crippen LogP contribution in [0.5, 0.6) is 11.5 Å².